The number of aliphatic hydroxyl groups is 1. The molecule has 4 heteroatoms. The van der Waals surface area contributed by atoms with Crippen LogP contribution in [0.3, 0.4) is 0 Å². The molecule has 3 nitrogen and oxygen atoms in total. The topological polar surface area (TPSA) is 40.5 Å². The van der Waals surface area contributed by atoms with Crippen molar-refractivity contribution in [3.8, 4) is 0 Å². The normalized spacial score (nSPS) is 56.0. The number of rotatable bonds is 0. The predicted octanol–water partition coefficient (Wildman–Crippen LogP) is 3.16. The standard InChI is InChI=1S/C19H30FNO2/c1-18-9-8-13-11(12(18)5-7-16(18)22)4-6-15-19(13,2)10-14(20)17(23)21(15)3/h11-16,22H,4-10H2,1-3H3/t11-,12-,13-,14+,15+,16-,18-,19+/m0/s1. The van der Waals surface area contributed by atoms with Crippen molar-refractivity contribution in [3.05, 3.63) is 0 Å². The number of alkyl halides is 1. The molecule has 4 aliphatic rings. The summed E-state index contributed by atoms with van der Waals surface area (Å²) in [4.78, 5) is 13.8. The Morgan fingerprint density at radius 1 is 1.09 bits per heavy atom. The Morgan fingerprint density at radius 2 is 1.78 bits per heavy atom. The number of nitrogens with zero attached hydrogens (tertiary/aromatic N) is 1. The van der Waals surface area contributed by atoms with Crippen LogP contribution in [0.4, 0.5) is 4.39 Å². The van der Waals surface area contributed by atoms with Crippen molar-refractivity contribution < 1.29 is 14.3 Å². The van der Waals surface area contributed by atoms with Gasteiger partial charge >= 0.3 is 0 Å². The highest BCUT2D eigenvalue weighted by Gasteiger charge is 2.62. The summed E-state index contributed by atoms with van der Waals surface area (Å²) in [5.41, 5.74) is -0.0320. The summed E-state index contributed by atoms with van der Waals surface area (Å²) < 4.78 is 14.4. The fourth-order valence-corrected chi connectivity index (χ4v) is 7.18. The Balaban J connectivity index is 1.67. The molecule has 4 fully saturated rings. The summed E-state index contributed by atoms with van der Waals surface area (Å²) in [6, 6.07) is 0.193. The van der Waals surface area contributed by atoms with Gasteiger partial charge in [-0.15, -0.1) is 0 Å². The Kier molecular flexibility index (Phi) is 3.40. The molecule has 23 heavy (non-hydrogen) atoms. The number of likely N-dealkylation sites (tertiary alicyclic amines) is 1. The number of amides is 1. The van der Waals surface area contributed by atoms with E-state index in [-0.39, 0.29) is 28.9 Å². The fraction of sp³-hybridized carbons (Fsp3) is 0.947. The van der Waals surface area contributed by atoms with Crippen LogP contribution in [0.15, 0.2) is 0 Å². The molecule has 0 aromatic heterocycles. The Morgan fingerprint density at radius 3 is 2.52 bits per heavy atom. The van der Waals surface area contributed by atoms with Crippen molar-refractivity contribution in [2.75, 3.05) is 7.05 Å². The second-order valence-corrected chi connectivity index (χ2v) is 9.23. The number of carbonyl (C=O) groups excluding carboxylic acids is 1. The summed E-state index contributed by atoms with van der Waals surface area (Å²) in [5, 5.41) is 10.5. The first-order valence-corrected chi connectivity index (χ1v) is 9.38. The molecular formula is C19H30FNO2. The van der Waals surface area contributed by atoms with E-state index in [0.717, 1.165) is 38.5 Å². The lowest BCUT2D eigenvalue weighted by Gasteiger charge is -2.61. The van der Waals surface area contributed by atoms with E-state index < -0.39 is 6.17 Å². The van der Waals surface area contributed by atoms with Gasteiger partial charge in [-0.25, -0.2) is 4.39 Å². The maximum atomic E-state index is 14.4. The molecule has 0 aromatic carbocycles. The van der Waals surface area contributed by atoms with Crippen molar-refractivity contribution in [3.63, 3.8) is 0 Å². The number of hydrogen-bond acceptors (Lipinski definition) is 2. The molecule has 0 radical (unpaired) electrons. The lowest BCUT2D eigenvalue weighted by molar-refractivity contribution is -0.170. The van der Waals surface area contributed by atoms with Crippen molar-refractivity contribution in [1.82, 2.24) is 4.90 Å². The first-order chi connectivity index (χ1) is 10.8. The average molecular weight is 323 g/mol. The number of fused-ring (bicyclic) bond motifs is 5. The van der Waals surface area contributed by atoms with E-state index in [2.05, 4.69) is 13.8 Å². The van der Waals surface area contributed by atoms with Crippen molar-refractivity contribution in [2.45, 2.75) is 77.1 Å². The van der Waals surface area contributed by atoms with Gasteiger partial charge in [-0.3, -0.25) is 4.79 Å². The number of hydrogen-bond donors (Lipinski definition) is 1. The lowest BCUT2D eigenvalue weighted by atomic mass is 9.47. The highest BCUT2D eigenvalue weighted by atomic mass is 19.1. The van der Waals surface area contributed by atoms with Gasteiger partial charge in [-0.2, -0.15) is 0 Å². The molecule has 1 N–H and O–H groups in total. The molecule has 3 aliphatic carbocycles. The second kappa shape index (κ2) is 4.93. The quantitative estimate of drug-likeness (QED) is 0.744. The molecular weight excluding hydrogens is 293 g/mol. The highest BCUT2D eigenvalue weighted by molar-refractivity contribution is 5.82. The van der Waals surface area contributed by atoms with E-state index >= 15 is 0 Å². The Hall–Kier alpha value is -0.640. The molecule has 1 heterocycles. The van der Waals surface area contributed by atoms with E-state index in [0.29, 0.717) is 24.2 Å². The summed E-state index contributed by atoms with van der Waals surface area (Å²) >= 11 is 0. The third kappa shape index (κ3) is 1.93. The van der Waals surface area contributed by atoms with Crippen molar-refractivity contribution in [1.29, 1.82) is 0 Å². The fourth-order valence-electron chi connectivity index (χ4n) is 7.18. The SMILES string of the molecule is CN1C(=O)[C@H](F)C[C@]2(C)[C@H]3CC[C@]4(C)[C@@H](O)CC[C@H]4[C@@H]3CC[C@@H]12. The summed E-state index contributed by atoms with van der Waals surface area (Å²) in [6.45, 7) is 4.51. The Bertz CT molecular complexity index is 525. The number of halogens is 1. The van der Waals surface area contributed by atoms with Crippen LogP contribution in [0.25, 0.3) is 0 Å². The van der Waals surface area contributed by atoms with Crippen LogP contribution in [0.2, 0.25) is 0 Å². The highest BCUT2D eigenvalue weighted by Crippen LogP contribution is 2.64. The minimum Gasteiger partial charge on any atom is -0.393 e. The van der Waals surface area contributed by atoms with Gasteiger partial charge in [0.25, 0.3) is 5.91 Å². The van der Waals surface area contributed by atoms with Crippen LogP contribution in [0.1, 0.15) is 58.8 Å². The summed E-state index contributed by atoms with van der Waals surface area (Å²) in [6.07, 6.45) is 5.21. The van der Waals surface area contributed by atoms with Crippen LogP contribution >= 0.6 is 0 Å². The van der Waals surface area contributed by atoms with Crippen LogP contribution in [-0.4, -0.2) is 41.3 Å². The van der Waals surface area contributed by atoms with Gasteiger partial charge in [0.15, 0.2) is 6.17 Å². The van der Waals surface area contributed by atoms with Gasteiger partial charge in [0.05, 0.1) is 6.10 Å². The minimum absolute atomic E-state index is 0.0653. The van der Waals surface area contributed by atoms with Gasteiger partial charge in [-0.1, -0.05) is 13.8 Å². The van der Waals surface area contributed by atoms with Gasteiger partial charge < -0.3 is 10.0 Å². The Labute approximate surface area is 138 Å². The molecule has 0 bridgehead atoms. The van der Waals surface area contributed by atoms with Crippen molar-refractivity contribution in [2.24, 2.45) is 28.6 Å². The van der Waals surface area contributed by atoms with Gasteiger partial charge in [0.1, 0.15) is 0 Å². The molecule has 0 unspecified atom stereocenters. The number of aliphatic hydroxyl groups excluding tert-OH is 1. The van der Waals surface area contributed by atoms with E-state index in [9.17, 15) is 14.3 Å². The third-order valence-corrected chi connectivity index (χ3v) is 8.47. The summed E-state index contributed by atoms with van der Waals surface area (Å²) in [5.74, 6) is 1.36. The molecule has 1 amide bonds. The number of piperidine rings is 1. The molecule has 4 rings (SSSR count). The molecule has 0 aromatic rings. The van der Waals surface area contributed by atoms with E-state index in [4.69, 9.17) is 0 Å². The van der Waals surface area contributed by atoms with Crippen LogP contribution in [-0.2, 0) is 4.79 Å². The van der Waals surface area contributed by atoms with Gasteiger partial charge in [0.2, 0.25) is 0 Å². The third-order valence-electron chi connectivity index (χ3n) is 8.47. The van der Waals surface area contributed by atoms with E-state index in [1.807, 2.05) is 0 Å². The molecule has 1 saturated heterocycles. The van der Waals surface area contributed by atoms with Crippen molar-refractivity contribution >= 4 is 5.91 Å². The summed E-state index contributed by atoms with van der Waals surface area (Å²) in [7, 11) is 1.80. The second-order valence-electron chi connectivity index (χ2n) is 9.23. The molecule has 130 valence electrons. The smallest absolute Gasteiger partial charge is 0.257 e. The van der Waals surface area contributed by atoms with Crippen LogP contribution < -0.4 is 0 Å². The maximum Gasteiger partial charge on any atom is 0.257 e. The zero-order valence-corrected chi connectivity index (χ0v) is 14.6. The number of carbonyl (C=O) groups is 1. The van der Waals surface area contributed by atoms with Crippen LogP contribution in [0.5, 0.6) is 0 Å². The molecule has 0 spiro atoms. The van der Waals surface area contributed by atoms with Gasteiger partial charge in [-0.05, 0) is 73.5 Å². The zero-order chi connectivity index (χ0) is 16.6. The minimum atomic E-state index is -1.33. The van der Waals surface area contributed by atoms with Crippen LogP contribution in [0, 0.1) is 28.6 Å². The molecule has 8 atom stereocenters. The lowest BCUT2D eigenvalue weighted by Crippen LogP contribution is -2.64. The predicted molar refractivity (Wildman–Crippen MR) is 86.5 cm³/mol. The average Bonchev–Trinajstić information content (AvgIpc) is 2.80. The monoisotopic (exact) mass is 323 g/mol. The zero-order valence-electron chi connectivity index (χ0n) is 14.6. The van der Waals surface area contributed by atoms with E-state index in [1.54, 1.807) is 11.9 Å². The van der Waals surface area contributed by atoms with E-state index in [1.165, 1.54) is 0 Å². The van der Waals surface area contributed by atoms with Gasteiger partial charge in [0, 0.05) is 13.1 Å². The maximum absolute atomic E-state index is 14.4. The first-order valence-electron chi connectivity index (χ1n) is 9.38. The molecule has 3 saturated carbocycles. The largest absolute Gasteiger partial charge is 0.393 e. The molecule has 1 aliphatic heterocycles. The first kappa shape index (κ1) is 15.9.